The molecule has 96 valence electrons. The van der Waals surface area contributed by atoms with Crippen molar-refractivity contribution < 1.29 is 0 Å². The van der Waals surface area contributed by atoms with E-state index in [1.807, 2.05) is 24.0 Å². The summed E-state index contributed by atoms with van der Waals surface area (Å²) in [5.74, 6) is 0. The van der Waals surface area contributed by atoms with Crippen LogP contribution in [0.5, 0.6) is 0 Å². The third kappa shape index (κ3) is 3.21. The average Bonchev–Trinajstić information content (AvgIpc) is 2.74. The second-order valence-corrected chi connectivity index (χ2v) is 5.63. The molecule has 0 radical (unpaired) electrons. The fourth-order valence-corrected chi connectivity index (χ4v) is 2.20. The summed E-state index contributed by atoms with van der Waals surface area (Å²) in [5, 5.41) is 7.72. The zero-order valence-corrected chi connectivity index (χ0v) is 12.5. The van der Waals surface area contributed by atoms with Gasteiger partial charge in [0.2, 0.25) is 0 Å². The Hall–Kier alpha value is -1.13. The fraction of sp³-hybridized carbons (Fsp3) is 0.357. The van der Waals surface area contributed by atoms with Crippen LogP contribution in [-0.4, -0.2) is 15.8 Å². The second-order valence-electron chi connectivity index (χ2n) is 4.77. The molecule has 3 nitrogen and oxygen atoms in total. The minimum Gasteiger partial charge on any atom is -0.310 e. The van der Waals surface area contributed by atoms with Crippen molar-refractivity contribution in [2.24, 2.45) is 0 Å². The van der Waals surface area contributed by atoms with Gasteiger partial charge in [0.1, 0.15) is 0 Å². The van der Waals surface area contributed by atoms with Crippen LogP contribution in [-0.2, 0) is 6.54 Å². The highest BCUT2D eigenvalue weighted by atomic mass is 79.9. The molecule has 0 saturated carbocycles. The summed E-state index contributed by atoms with van der Waals surface area (Å²) in [6.45, 7) is 7.21. The Kier molecular flexibility index (Phi) is 4.19. The van der Waals surface area contributed by atoms with E-state index in [4.69, 9.17) is 0 Å². The second kappa shape index (κ2) is 5.67. The number of rotatable bonds is 4. The summed E-state index contributed by atoms with van der Waals surface area (Å²) in [5.41, 5.74) is 3.50. The molecule has 2 rings (SSSR count). The van der Waals surface area contributed by atoms with Crippen molar-refractivity contribution in [1.82, 2.24) is 15.1 Å². The maximum atomic E-state index is 4.31. The predicted octanol–water partition coefficient (Wildman–Crippen LogP) is 3.44. The van der Waals surface area contributed by atoms with Crippen molar-refractivity contribution >= 4 is 15.9 Å². The van der Waals surface area contributed by atoms with Gasteiger partial charge in [-0.15, -0.1) is 0 Å². The average molecular weight is 308 g/mol. The van der Waals surface area contributed by atoms with Crippen LogP contribution in [0.3, 0.4) is 0 Å². The van der Waals surface area contributed by atoms with E-state index >= 15 is 0 Å². The largest absolute Gasteiger partial charge is 0.310 e. The zero-order valence-electron chi connectivity index (χ0n) is 10.9. The molecule has 0 aliphatic carbocycles. The lowest BCUT2D eigenvalue weighted by Crippen LogP contribution is -2.22. The van der Waals surface area contributed by atoms with E-state index in [1.54, 1.807) is 0 Å². The number of benzene rings is 1. The van der Waals surface area contributed by atoms with E-state index < -0.39 is 0 Å². The number of hydrogen-bond acceptors (Lipinski definition) is 2. The van der Waals surface area contributed by atoms with Crippen LogP contribution in [0.2, 0.25) is 0 Å². The van der Waals surface area contributed by atoms with Crippen molar-refractivity contribution in [2.45, 2.75) is 33.4 Å². The molecule has 18 heavy (non-hydrogen) atoms. The highest BCUT2D eigenvalue weighted by Crippen LogP contribution is 2.21. The Morgan fingerprint density at radius 3 is 2.72 bits per heavy atom. The van der Waals surface area contributed by atoms with Crippen molar-refractivity contribution in [3.05, 3.63) is 46.2 Å². The number of aryl methyl sites for hydroxylation is 1. The van der Waals surface area contributed by atoms with Gasteiger partial charge in [0.25, 0.3) is 0 Å². The summed E-state index contributed by atoms with van der Waals surface area (Å²) in [6.07, 6.45) is 3.88. The van der Waals surface area contributed by atoms with Crippen LogP contribution in [0.25, 0.3) is 5.69 Å². The van der Waals surface area contributed by atoms with Crippen LogP contribution in [0, 0.1) is 6.92 Å². The molecule has 1 N–H and O–H groups in total. The minimum absolute atomic E-state index is 0.491. The highest BCUT2D eigenvalue weighted by Gasteiger charge is 2.04. The van der Waals surface area contributed by atoms with E-state index in [0.717, 1.165) is 22.3 Å². The molecule has 0 spiro atoms. The summed E-state index contributed by atoms with van der Waals surface area (Å²) in [6, 6.07) is 6.81. The molecule has 0 fully saturated rings. The van der Waals surface area contributed by atoms with Gasteiger partial charge in [-0.25, -0.2) is 4.68 Å². The quantitative estimate of drug-likeness (QED) is 0.937. The van der Waals surface area contributed by atoms with Gasteiger partial charge >= 0.3 is 0 Å². The van der Waals surface area contributed by atoms with Gasteiger partial charge in [0, 0.05) is 23.3 Å². The molecule has 0 saturated heterocycles. The topological polar surface area (TPSA) is 29.9 Å². The molecule has 1 heterocycles. The standard InChI is InChI=1S/C14H18BrN3/c1-10(2)16-8-12-4-5-13(6-14(12)15)18-9-11(3)7-17-18/h4-7,9-10,16H,8H2,1-3H3. The van der Waals surface area contributed by atoms with E-state index in [-0.39, 0.29) is 0 Å². The predicted molar refractivity (Wildman–Crippen MR) is 78.0 cm³/mol. The first-order valence-electron chi connectivity index (χ1n) is 6.09. The molecule has 1 aromatic heterocycles. The highest BCUT2D eigenvalue weighted by molar-refractivity contribution is 9.10. The molecule has 1 aromatic carbocycles. The first-order valence-corrected chi connectivity index (χ1v) is 6.89. The maximum absolute atomic E-state index is 4.31. The summed E-state index contributed by atoms with van der Waals surface area (Å²) in [4.78, 5) is 0. The van der Waals surface area contributed by atoms with Crippen molar-refractivity contribution in [2.75, 3.05) is 0 Å². The van der Waals surface area contributed by atoms with Crippen molar-refractivity contribution in [3.63, 3.8) is 0 Å². The number of halogens is 1. The Morgan fingerprint density at radius 2 is 2.17 bits per heavy atom. The van der Waals surface area contributed by atoms with E-state index in [2.05, 4.69) is 58.4 Å². The molecule has 0 atom stereocenters. The van der Waals surface area contributed by atoms with Gasteiger partial charge in [0.05, 0.1) is 11.9 Å². The lowest BCUT2D eigenvalue weighted by molar-refractivity contribution is 0.588. The van der Waals surface area contributed by atoms with Crippen LogP contribution >= 0.6 is 15.9 Å². The van der Waals surface area contributed by atoms with E-state index in [9.17, 15) is 0 Å². The van der Waals surface area contributed by atoms with Gasteiger partial charge in [0.15, 0.2) is 0 Å². The van der Waals surface area contributed by atoms with Crippen LogP contribution in [0.1, 0.15) is 25.0 Å². The monoisotopic (exact) mass is 307 g/mol. The number of nitrogens with one attached hydrogen (secondary N) is 1. The Balaban J connectivity index is 2.19. The Labute approximate surface area is 116 Å². The van der Waals surface area contributed by atoms with Crippen molar-refractivity contribution in [3.8, 4) is 5.69 Å². The molecular weight excluding hydrogens is 290 g/mol. The summed E-state index contributed by atoms with van der Waals surface area (Å²) < 4.78 is 3.00. The van der Waals surface area contributed by atoms with Crippen molar-refractivity contribution in [1.29, 1.82) is 0 Å². The first-order chi connectivity index (χ1) is 8.56. The number of nitrogens with zero attached hydrogens (tertiary/aromatic N) is 2. The summed E-state index contributed by atoms with van der Waals surface area (Å²) >= 11 is 3.62. The smallest absolute Gasteiger partial charge is 0.0657 e. The SMILES string of the molecule is Cc1cnn(-c2ccc(CNC(C)C)c(Br)c2)c1. The van der Waals surface area contributed by atoms with Crippen LogP contribution in [0.15, 0.2) is 35.1 Å². The van der Waals surface area contributed by atoms with Crippen LogP contribution in [0.4, 0.5) is 0 Å². The minimum atomic E-state index is 0.491. The van der Waals surface area contributed by atoms with Gasteiger partial charge < -0.3 is 5.32 Å². The fourth-order valence-electron chi connectivity index (χ4n) is 1.69. The molecular formula is C14H18BrN3. The van der Waals surface area contributed by atoms with Gasteiger partial charge in [-0.1, -0.05) is 35.8 Å². The molecule has 0 bridgehead atoms. The van der Waals surface area contributed by atoms with E-state index in [0.29, 0.717) is 6.04 Å². The molecule has 0 amide bonds. The van der Waals surface area contributed by atoms with Crippen LogP contribution < -0.4 is 5.32 Å². The van der Waals surface area contributed by atoms with Gasteiger partial charge in [-0.05, 0) is 30.2 Å². The third-order valence-corrected chi connectivity index (χ3v) is 3.45. The molecule has 0 unspecified atom stereocenters. The normalized spacial score (nSPS) is 11.2. The lowest BCUT2D eigenvalue weighted by Gasteiger charge is -2.11. The Morgan fingerprint density at radius 1 is 1.39 bits per heavy atom. The number of hydrogen-bond donors (Lipinski definition) is 1. The number of aromatic nitrogens is 2. The first kappa shape index (κ1) is 13.3. The van der Waals surface area contributed by atoms with Gasteiger partial charge in [-0.3, -0.25) is 0 Å². The van der Waals surface area contributed by atoms with E-state index in [1.165, 1.54) is 5.56 Å². The summed E-state index contributed by atoms with van der Waals surface area (Å²) in [7, 11) is 0. The Bertz CT molecular complexity index is 532. The molecule has 0 aliphatic rings. The molecule has 0 aliphatic heterocycles. The third-order valence-electron chi connectivity index (χ3n) is 2.71. The zero-order chi connectivity index (χ0) is 13.1. The maximum Gasteiger partial charge on any atom is 0.0657 e. The molecule has 2 aromatic rings. The van der Waals surface area contributed by atoms with Gasteiger partial charge in [-0.2, -0.15) is 5.10 Å². The lowest BCUT2D eigenvalue weighted by atomic mass is 10.2. The molecule has 4 heteroatoms.